The number of carbonyl (C=O) groups is 1. The van der Waals surface area contributed by atoms with Crippen molar-refractivity contribution in [3.05, 3.63) is 0 Å². The van der Waals surface area contributed by atoms with Crippen LogP contribution in [0.2, 0.25) is 0 Å². The summed E-state index contributed by atoms with van der Waals surface area (Å²) < 4.78 is 0. The molecular formula is C7H15NO3. The van der Waals surface area contributed by atoms with E-state index < -0.39 is 12.0 Å². The van der Waals surface area contributed by atoms with Gasteiger partial charge in [0.2, 0.25) is 0 Å². The molecule has 1 atom stereocenters. The lowest BCUT2D eigenvalue weighted by Gasteiger charge is -2.09. The standard InChI is InChI=1S/C7H15NO3/c1-2-3-4-8-6(5-9)7(10)11/h6,8-9H,2-5H2,1H3,(H,10,11). The Bertz CT molecular complexity index is 116. The average Bonchev–Trinajstić information content (AvgIpc) is 1.97. The van der Waals surface area contributed by atoms with Crippen LogP contribution in [0.3, 0.4) is 0 Å². The van der Waals surface area contributed by atoms with Crippen molar-refractivity contribution in [2.24, 2.45) is 0 Å². The Hall–Kier alpha value is -0.610. The fourth-order valence-electron chi connectivity index (χ4n) is 0.683. The molecule has 3 N–H and O–H groups in total. The first-order chi connectivity index (χ1) is 5.22. The molecule has 0 rings (SSSR count). The number of unbranched alkanes of at least 4 members (excludes halogenated alkanes) is 1. The second-order valence-electron chi connectivity index (χ2n) is 2.38. The van der Waals surface area contributed by atoms with Crippen molar-refractivity contribution in [1.82, 2.24) is 5.32 Å². The molecule has 0 amide bonds. The van der Waals surface area contributed by atoms with Gasteiger partial charge in [-0.1, -0.05) is 13.3 Å². The minimum Gasteiger partial charge on any atom is -0.480 e. The van der Waals surface area contributed by atoms with Crippen LogP contribution < -0.4 is 5.32 Å². The van der Waals surface area contributed by atoms with Crippen molar-refractivity contribution in [2.75, 3.05) is 13.2 Å². The van der Waals surface area contributed by atoms with E-state index in [0.29, 0.717) is 6.54 Å². The minimum absolute atomic E-state index is 0.348. The van der Waals surface area contributed by atoms with Crippen LogP contribution in [-0.2, 0) is 4.79 Å². The maximum Gasteiger partial charge on any atom is 0.323 e. The fourth-order valence-corrected chi connectivity index (χ4v) is 0.683. The summed E-state index contributed by atoms with van der Waals surface area (Å²) in [4.78, 5) is 10.3. The zero-order valence-electron chi connectivity index (χ0n) is 6.71. The van der Waals surface area contributed by atoms with Gasteiger partial charge in [0.05, 0.1) is 6.61 Å². The summed E-state index contributed by atoms with van der Waals surface area (Å²) in [6, 6.07) is -0.804. The third kappa shape index (κ3) is 4.75. The van der Waals surface area contributed by atoms with Gasteiger partial charge in [-0.05, 0) is 13.0 Å². The quantitative estimate of drug-likeness (QED) is 0.473. The van der Waals surface area contributed by atoms with Gasteiger partial charge >= 0.3 is 5.97 Å². The highest BCUT2D eigenvalue weighted by molar-refractivity contribution is 5.73. The summed E-state index contributed by atoms with van der Waals surface area (Å²) in [5.74, 6) is -0.997. The number of rotatable bonds is 6. The smallest absolute Gasteiger partial charge is 0.323 e. The molecule has 66 valence electrons. The van der Waals surface area contributed by atoms with Crippen LogP contribution in [-0.4, -0.2) is 35.4 Å². The largest absolute Gasteiger partial charge is 0.480 e. The highest BCUT2D eigenvalue weighted by Gasteiger charge is 2.13. The lowest BCUT2D eigenvalue weighted by Crippen LogP contribution is -2.40. The number of nitrogens with one attached hydrogen (secondary N) is 1. The zero-order chi connectivity index (χ0) is 8.69. The van der Waals surface area contributed by atoms with E-state index in [9.17, 15) is 4.79 Å². The Balaban J connectivity index is 3.44. The van der Waals surface area contributed by atoms with E-state index >= 15 is 0 Å². The topological polar surface area (TPSA) is 69.6 Å². The van der Waals surface area contributed by atoms with E-state index in [4.69, 9.17) is 10.2 Å². The van der Waals surface area contributed by atoms with Gasteiger partial charge in [0.15, 0.2) is 0 Å². The Morgan fingerprint density at radius 1 is 1.64 bits per heavy atom. The predicted octanol–water partition coefficient (Wildman–Crippen LogP) is -0.178. The molecule has 1 unspecified atom stereocenters. The lowest BCUT2D eigenvalue weighted by molar-refractivity contribution is -0.140. The lowest BCUT2D eigenvalue weighted by atomic mass is 10.3. The molecule has 0 saturated carbocycles. The first-order valence-corrected chi connectivity index (χ1v) is 3.79. The molecule has 0 aromatic rings. The molecule has 0 aliphatic rings. The average molecular weight is 161 g/mol. The molecule has 0 spiro atoms. The van der Waals surface area contributed by atoms with Crippen molar-refractivity contribution >= 4 is 5.97 Å². The van der Waals surface area contributed by atoms with Gasteiger partial charge in [0, 0.05) is 0 Å². The summed E-state index contributed by atoms with van der Waals surface area (Å²) in [7, 11) is 0. The Morgan fingerprint density at radius 2 is 2.27 bits per heavy atom. The molecule has 11 heavy (non-hydrogen) atoms. The molecule has 0 heterocycles. The highest BCUT2D eigenvalue weighted by Crippen LogP contribution is 1.86. The summed E-state index contributed by atoms with van der Waals surface area (Å²) in [5.41, 5.74) is 0. The molecule has 0 radical (unpaired) electrons. The number of carboxylic acid groups (broad SMARTS) is 1. The van der Waals surface area contributed by atoms with Gasteiger partial charge in [0.25, 0.3) is 0 Å². The maximum absolute atomic E-state index is 10.3. The molecule has 0 bridgehead atoms. The van der Waals surface area contributed by atoms with Gasteiger partial charge < -0.3 is 15.5 Å². The maximum atomic E-state index is 10.3. The predicted molar refractivity (Wildman–Crippen MR) is 41.4 cm³/mol. The minimum atomic E-state index is -0.997. The van der Waals surface area contributed by atoms with Crippen molar-refractivity contribution < 1.29 is 15.0 Å². The first-order valence-electron chi connectivity index (χ1n) is 3.79. The molecule has 0 aliphatic carbocycles. The van der Waals surface area contributed by atoms with E-state index in [1.165, 1.54) is 0 Å². The van der Waals surface area contributed by atoms with Crippen LogP contribution in [0, 0.1) is 0 Å². The Labute approximate surface area is 66.2 Å². The van der Waals surface area contributed by atoms with Crippen LogP contribution in [0.4, 0.5) is 0 Å². The number of hydrogen-bond donors (Lipinski definition) is 3. The molecular weight excluding hydrogens is 146 g/mol. The summed E-state index contributed by atoms with van der Waals surface area (Å²) in [5, 5.41) is 19.7. The van der Waals surface area contributed by atoms with E-state index in [-0.39, 0.29) is 6.61 Å². The second kappa shape index (κ2) is 6.12. The normalized spacial score (nSPS) is 12.9. The molecule has 0 aromatic carbocycles. The molecule has 4 nitrogen and oxygen atoms in total. The van der Waals surface area contributed by atoms with E-state index in [0.717, 1.165) is 12.8 Å². The number of aliphatic hydroxyl groups is 1. The SMILES string of the molecule is CCCCNC(CO)C(=O)O. The van der Waals surface area contributed by atoms with Crippen molar-refractivity contribution in [1.29, 1.82) is 0 Å². The van der Waals surface area contributed by atoms with Crippen LogP contribution in [0.5, 0.6) is 0 Å². The van der Waals surface area contributed by atoms with E-state index in [2.05, 4.69) is 5.32 Å². The van der Waals surface area contributed by atoms with Crippen molar-refractivity contribution in [3.8, 4) is 0 Å². The van der Waals surface area contributed by atoms with Crippen LogP contribution in [0.1, 0.15) is 19.8 Å². The monoisotopic (exact) mass is 161 g/mol. The van der Waals surface area contributed by atoms with Crippen molar-refractivity contribution in [3.63, 3.8) is 0 Å². The summed E-state index contributed by atoms with van der Waals surface area (Å²) >= 11 is 0. The van der Waals surface area contributed by atoms with Gasteiger partial charge in [-0.25, -0.2) is 0 Å². The number of hydrogen-bond acceptors (Lipinski definition) is 3. The van der Waals surface area contributed by atoms with Crippen LogP contribution in [0.15, 0.2) is 0 Å². The van der Waals surface area contributed by atoms with Gasteiger partial charge in [0.1, 0.15) is 6.04 Å². The van der Waals surface area contributed by atoms with E-state index in [1.807, 2.05) is 6.92 Å². The number of carboxylic acids is 1. The van der Waals surface area contributed by atoms with E-state index in [1.54, 1.807) is 0 Å². The van der Waals surface area contributed by atoms with Gasteiger partial charge in [-0.3, -0.25) is 4.79 Å². The van der Waals surface area contributed by atoms with Crippen molar-refractivity contribution in [2.45, 2.75) is 25.8 Å². The number of aliphatic carboxylic acids is 1. The highest BCUT2D eigenvalue weighted by atomic mass is 16.4. The fraction of sp³-hybridized carbons (Fsp3) is 0.857. The van der Waals surface area contributed by atoms with Crippen LogP contribution >= 0.6 is 0 Å². The summed E-state index contributed by atoms with van der Waals surface area (Å²) in [6.07, 6.45) is 1.95. The Morgan fingerprint density at radius 3 is 2.64 bits per heavy atom. The zero-order valence-corrected chi connectivity index (χ0v) is 6.71. The molecule has 4 heteroatoms. The third-order valence-electron chi connectivity index (χ3n) is 1.40. The molecule has 0 saturated heterocycles. The molecule has 0 aliphatic heterocycles. The molecule has 0 fully saturated rings. The first kappa shape index (κ1) is 10.4. The summed E-state index contributed by atoms with van der Waals surface area (Å²) in [6.45, 7) is 2.32. The second-order valence-corrected chi connectivity index (χ2v) is 2.38. The van der Waals surface area contributed by atoms with Crippen LogP contribution in [0.25, 0.3) is 0 Å². The molecule has 0 aromatic heterocycles. The third-order valence-corrected chi connectivity index (χ3v) is 1.40. The van der Waals surface area contributed by atoms with Gasteiger partial charge in [-0.2, -0.15) is 0 Å². The Kier molecular flexibility index (Phi) is 5.78. The van der Waals surface area contributed by atoms with Gasteiger partial charge in [-0.15, -0.1) is 0 Å². The number of aliphatic hydroxyl groups excluding tert-OH is 1.